The Morgan fingerprint density at radius 1 is 1.40 bits per heavy atom. The second-order valence-corrected chi connectivity index (χ2v) is 4.07. The van der Waals surface area contributed by atoms with Crippen LogP contribution < -0.4 is 5.73 Å². The molecule has 2 aromatic rings. The number of hydrogen-bond acceptors (Lipinski definition) is 1. The number of fused-ring (bicyclic) bond motifs is 1. The van der Waals surface area contributed by atoms with E-state index in [1.54, 1.807) is 22.9 Å². The molecule has 1 amide bonds. The lowest BCUT2D eigenvalue weighted by atomic mass is 10.2. The lowest BCUT2D eigenvalue weighted by Gasteiger charge is -2.03. The van der Waals surface area contributed by atoms with Crippen molar-refractivity contribution >= 4 is 40.0 Å². The van der Waals surface area contributed by atoms with Crippen LogP contribution in [0.5, 0.6) is 0 Å². The van der Waals surface area contributed by atoms with E-state index in [1.807, 2.05) is 6.07 Å². The Morgan fingerprint density at radius 3 is 2.80 bits per heavy atom. The van der Waals surface area contributed by atoms with Crippen molar-refractivity contribution in [3.63, 3.8) is 0 Å². The quantitative estimate of drug-likeness (QED) is 0.865. The summed E-state index contributed by atoms with van der Waals surface area (Å²) in [4.78, 5) is 10.8. The largest absolute Gasteiger partial charge is 0.368 e. The molecule has 0 aliphatic carbocycles. The van der Waals surface area contributed by atoms with Gasteiger partial charge in [0, 0.05) is 16.6 Å². The Balaban J connectivity index is 2.63. The van der Waals surface area contributed by atoms with Gasteiger partial charge in [-0.2, -0.15) is 0 Å². The molecule has 0 spiro atoms. The summed E-state index contributed by atoms with van der Waals surface area (Å²) in [5.41, 5.74) is 5.94. The molecule has 0 saturated carbocycles. The summed E-state index contributed by atoms with van der Waals surface area (Å²) in [6.07, 6.45) is 1.76. The predicted molar refractivity (Wildman–Crippen MR) is 61.2 cm³/mol. The van der Waals surface area contributed by atoms with E-state index < -0.39 is 5.91 Å². The minimum absolute atomic E-state index is 0.125. The van der Waals surface area contributed by atoms with Gasteiger partial charge in [0.25, 0.3) is 0 Å². The third-order valence-electron chi connectivity index (χ3n) is 2.13. The van der Waals surface area contributed by atoms with Crippen LogP contribution in [0.2, 0.25) is 10.0 Å². The van der Waals surface area contributed by atoms with Crippen LogP contribution in [0.3, 0.4) is 0 Å². The van der Waals surface area contributed by atoms with Crippen LogP contribution in [0.15, 0.2) is 24.4 Å². The second kappa shape index (κ2) is 3.76. The van der Waals surface area contributed by atoms with Gasteiger partial charge in [0.2, 0.25) is 5.91 Å². The van der Waals surface area contributed by atoms with Gasteiger partial charge < -0.3 is 10.3 Å². The molecular formula is C10H8Cl2N2O. The van der Waals surface area contributed by atoms with Gasteiger partial charge in [-0.25, -0.2) is 0 Å². The average Bonchev–Trinajstić information content (AvgIpc) is 2.48. The minimum Gasteiger partial charge on any atom is -0.368 e. The number of amides is 1. The highest BCUT2D eigenvalue weighted by atomic mass is 35.5. The standard InChI is InChI=1S/C10H8Cl2N2O/c11-6-3-8(12)7-1-2-14(5-10(13)15)9(7)4-6/h1-4H,5H2,(H2,13,15). The van der Waals surface area contributed by atoms with Gasteiger partial charge in [-0.3, -0.25) is 4.79 Å². The highest BCUT2D eigenvalue weighted by Crippen LogP contribution is 2.28. The zero-order valence-electron chi connectivity index (χ0n) is 7.71. The summed E-state index contributed by atoms with van der Waals surface area (Å²) in [5, 5.41) is 1.97. The van der Waals surface area contributed by atoms with Crippen LogP contribution in [0.25, 0.3) is 10.9 Å². The fourth-order valence-electron chi connectivity index (χ4n) is 1.52. The van der Waals surface area contributed by atoms with Crippen molar-refractivity contribution in [3.8, 4) is 0 Å². The molecule has 0 atom stereocenters. The molecule has 0 unspecified atom stereocenters. The van der Waals surface area contributed by atoms with E-state index >= 15 is 0 Å². The molecule has 2 N–H and O–H groups in total. The predicted octanol–water partition coefficient (Wildman–Crippen LogP) is 2.43. The fourth-order valence-corrected chi connectivity index (χ4v) is 2.07. The van der Waals surface area contributed by atoms with Crippen LogP contribution in [-0.2, 0) is 11.3 Å². The van der Waals surface area contributed by atoms with Gasteiger partial charge in [-0.05, 0) is 18.2 Å². The van der Waals surface area contributed by atoms with E-state index in [1.165, 1.54) is 0 Å². The molecule has 0 aliphatic heterocycles. The van der Waals surface area contributed by atoms with Crippen molar-refractivity contribution in [1.29, 1.82) is 0 Å². The summed E-state index contributed by atoms with van der Waals surface area (Å²) in [6, 6.07) is 5.25. The number of hydrogen-bond donors (Lipinski definition) is 1. The number of nitrogens with two attached hydrogens (primary N) is 1. The van der Waals surface area contributed by atoms with Crippen LogP contribution >= 0.6 is 23.2 Å². The van der Waals surface area contributed by atoms with Gasteiger partial charge in [-0.1, -0.05) is 23.2 Å². The number of carbonyl (C=O) groups is 1. The maximum absolute atomic E-state index is 10.8. The number of nitrogens with zero attached hydrogens (tertiary/aromatic N) is 1. The fraction of sp³-hybridized carbons (Fsp3) is 0.100. The first-order valence-electron chi connectivity index (χ1n) is 4.30. The summed E-state index contributed by atoms with van der Waals surface area (Å²) in [6.45, 7) is 0.125. The molecule has 1 heterocycles. The van der Waals surface area contributed by atoms with Gasteiger partial charge >= 0.3 is 0 Å². The number of primary amides is 1. The van der Waals surface area contributed by atoms with Crippen molar-refractivity contribution < 1.29 is 4.79 Å². The maximum Gasteiger partial charge on any atom is 0.237 e. The number of carbonyl (C=O) groups excluding carboxylic acids is 1. The average molecular weight is 243 g/mol. The first-order valence-corrected chi connectivity index (χ1v) is 5.05. The van der Waals surface area contributed by atoms with Crippen molar-refractivity contribution in [2.24, 2.45) is 5.73 Å². The molecule has 78 valence electrons. The molecular weight excluding hydrogens is 235 g/mol. The normalized spacial score (nSPS) is 10.8. The molecule has 1 aromatic carbocycles. The minimum atomic E-state index is -0.399. The summed E-state index contributed by atoms with van der Waals surface area (Å²) in [7, 11) is 0. The second-order valence-electron chi connectivity index (χ2n) is 3.23. The van der Waals surface area contributed by atoms with E-state index in [0.29, 0.717) is 10.0 Å². The zero-order valence-corrected chi connectivity index (χ0v) is 9.22. The number of aromatic nitrogens is 1. The van der Waals surface area contributed by atoms with E-state index in [4.69, 9.17) is 28.9 Å². The van der Waals surface area contributed by atoms with Crippen LogP contribution in [0.1, 0.15) is 0 Å². The molecule has 0 aliphatic rings. The van der Waals surface area contributed by atoms with Crippen LogP contribution in [0.4, 0.5) is 0 Å². The SMILES string of the molecule is NC(=O)Cn1ccc2c(Cl)cc(Cl)cc21. The smallest absolute Gasteiger partial charge is 0.237 e. The monoisotopic (exact) mass is 242 g/mol. The third-order valence-corrected chi connectivity index (χ3v) is 2.66. The highest BCUT2D eigenvalue weighted by Gasteiger charge is 2.07. The Kier molecular flexibility index (Phi) is 2.59. The molecule has 0 bridgehead atoms. The van der Waals surface area contributed by atoms with Crippen LogP contribution in [-0.4, -0.2) is 10.5 Å². The highest BCUT2D eigenvalue weighted by molar-refractivity contribution is 6.38. The lowest BCUT2D eigenvalue weighted by Crippen LogP contribution is -2.17. The summed E-state index contributed by atoms with van der Waals surface area (Å²) in [5.74, 6) is -0.399. The lowest BCUT2D eigenvalue weighted by molar-refractivity contribution is -0.118. The van der Waals surface area contributed by atoms with Gasteiger partial charge in [0.15, 0.2) is 0 Å². The Hall–Kier alpha value is -1.19. The van der Waals surface area contributed by atoms with E-state index in [2.05, 4.69) is 0 Å². The molecule has 0 fully saturated rings. The number of benzene rings is 1. The molecule has 5 heteroatoms. The van der Waals surface area contributed by atoms with Crippen molar-refractivity contribution in [3.05, 3.63) is 34.4 Å². The third kappa shape index (κ3) is 1.94. The van der Waals surface area contributed by atoms with E-state index in [0.717, 1.165) is 10.9 Å². The first kappa shape index (κ1) is 10.3. The van der Waals surface area contributed by atoms with Crippen molar-refractivity contribution in [2.45, 2.75) is 6.54 Å². The Labute approximate surface area is 96.4 Å². The molecule has 15 heavy (non-hydrogen) atoms. The van der Waals surface area contributed by atoms with Crippen LogP contribution in [0, 0.1) is 0 Å². The van der Waals surface area contributed by atoms with Crippen molar-refractivity contribution in [2.75, 3.05) is 0 Å². The molecule has 3 nitrogen and oxygen atoms in total. The van der Waals surface area contributed by atoms with Gasteiger partial charge in [-0.15, -0.1) is 0 Å². The Morgan fingerprint density at radius 2 is 2.13 bits per heavy atom. The van der Waals surface area contributed by atoms with E-state index in [9.17, 15) is 4.79 Å². The number of rotatable bonds is 2. The van der Waals surface area contributed by atoms with Gasteiger partial charge in [0.05, 0.1) is 10.5 Å². The Bertz CT molecular complexity index is 533. The topological polar surface area (TPSA) is 48.0 Å². The zero-order chi connectivity index (χ0) is 11.0. The molecule has 0 saturated heterocycles. The molecule has 1 aromatic heterocycles. The molecule has 2 rings (SSSR count). The van der Waals surface area contributed by atoms with E-state index in [-0.39, 0.29) is 6.54 Å². The molecule has 0 radical (unpaired) electrons. The van der Waals surface area contributed by atoms with Crippen molar-refractivity contribution in [1.82, 2.24) is 4.57 Å². The summed E-state index contributed by atoms with van der Waals surface area (Å²) < 4.78 is 1.72. The maximum atomic E-state index is 10.8. The first-order chi connectivity index (χ1) is 7.08. The number of halogens is 2. The summed E-state index contributed by atoms with van der Waals surface area (Å²) >= 11 is 11.9. The van der Waals surface area contributed by atoms with Gasteiger partial charge in [0.1, 0.15) is 6.54 Å².